The minimum atomic E-state index is -3.64. The fraction of sp³-hybridized carbons (Fsp3) is 0.316. The number of rotatable bonds is 3. The minimum absolute atomic E-state index is 0.0158. The van der Waals surface area contributed by atoms with Crippen molar-refractivity contribution in [1.29, 1.82) is 0 Å². The quantitative estimate of drug-likeness (QED) is 0.810. The molecule has 0 spiro atoms. The maximum Gasteiger partial charge on any atom is 0.264 e. The standard InChI is InChI=1S/C19H20N2O3S2/c22-19(20-10-4-5-11-20)15-8-9-18-17(14-15)21(12-13-25-18)26(23,24)16-6-2-1-3-7-16/h1-3,6-9,14H,4-5,10-13H2. The van der Waals surface area contributed by atoms with Crippen molar-refractivity contribution >= 4 is 33.4 Å². The van der Waals surface area contributed by atoms with Gasteiger partial charge in [-0.2, -0.15) is 0 Å². The molecule has 0 aliphatic carbocycles. The Morgan fingerprint density at radius 2 is 1.69 bits per heavy atom. The van der Waals surface area contributed by atoms with Crippen LogP contribution in [-0.2, 0) is 10.0 Å². The van der Waals surface area contributed by atoms with Crippen LogP contribution in [0.5, 0.6) is 0 Å². The van der Waals surface area contributed by atoms with Crippen molar-refractivity contribution in [2.75, 3.05) is 29.7 Å². The predicted octanol–water partition coefficient (Wildman–Crippen LogP) is 3.22. The summed E-state index contributed by atoms with van der Waals surface area (Å²) in [6.07, 6.45) is 2.06. The average molecular weight is 389 g/mol. The molecular weight excluding hydrogens is 368 g/mol. The fourth-order valence-electron chi connectivity index (χ4n) is 3.40. The van der Waals surface area contributed by atoms with Gasteiger partial charge in [-0.05, 0) is 43.2 Å². The second kappa shape index (κ2) is 6.96. The van der Waals surface area contributed by atoms with E-state index in [4.69, 9.17) is 0 Å². The Morgan fingerprint density at radius 1 is 0.962 bits per heavy atom. The summed E-state index contributed by atoms with van der Waals surface area (Å²) in [5.41, 5.74) is 1.16. The van der Waals surface area contributed by atoms with E-state index in [9.17, 15) is 13.2 Å². The molecule has 5 nitrogen and oxygen atoms in total. The van der Waals surface area contributed by atoms with Gasteiger partial charge in [-0.1, -0.05) is 18.2 Å². The summed E-state index contributed by atoms with van der Waals surface area (Å²) in [7, 11) is -3.64. The molecule has 2 aliphatic rings. The number of anilines is 1. The van der Waals surface area contributed by atoms with Crippen molar-refractivity contribution in [3.8, 4) is 0 Å². The third-order valence-electron chi connectivity index (χ3n) is 4.75. The van der Waals surface area contributed by atoms with E-state index in [1.807, 2.05) is 17.0 Å². The van der Waals surface area contributed by atoms with Crippen molar-refractivity contribution in [2.45, 2.75) is 22.6 Å². The van der Waals surface area contributed by atoms with E-state index < -0.39 is 10.0 Å². The van der Waals surface area contributed by atoms with Crippen LogP contribution < -0.4 is 4.31 Å². The second-order valence-corrected chi connectivity index (χ2v) is 9.42. The molecule has 0 atom stereocenters. The van der Waals surface area contributed by atoms with Gasteiger partial charge >= 0.3 is 0 Å². The van der Waals surface area contributed by atoms with Crippen LogP contribution in [0.1, 0.15) is 23.2 Å². The molecule has 0 N–H and O–H groups in total. The molecule has 2 aromatic carbocycles. The van der Waals surface area contributed by atoms with Crippen LogP contribution in [0, 0.1) is 0 Å². The summed E-state index contributed by atoms with van der Waals surface area (Å²) in [5.74, 6) is 0.677. The molecule has 4 rings (SSSR count). The topological polar surface area (TPSA) is 57.7 Å². The fourth-order valence-corrected chi connectivity index (χ4v) is 6.04. The van der Waals surface area contributed by atoms with E-state index >= 15 is 0 Å². The number of thioether (sulfide) groups is 1. The van der Waals surface area contributed by atoms with Gasteiger partial charge in [-0.25, -0.2) is 8.42 Å². The molecule has 2 aliphatic heterocycles. The van der Waals surface area contributed by atoms with Gasteiger partial charge in [0, 0.05) is 35.8 Å². The number of hydrogen-bond donors (Lipinski definition) is 0. The molecule has 1 amide bonds. The van der Waals surface area contributed by atoms with Gasteiger partial charge in [0.05, 0.1) is 10.6 Å². The highest BCUT2D eigenvalue weighted by atomic mass is 32.2. The molecule has 7 heteroatoms. The number of hydrogen-bond acceptors (Lipinski definition) is 4. The van der Waals surface area contributed by atoms with Gasteiger partial charge in [0.2, 0.25) is 0 Å². The minimum Gasteiger partial charge on any atom is -0.339 e. The van der Waals surface area contributed by atoms with Crippen molar-refractivity contribution in [3.05, 3.63) is 54.1 Å². The summed E-state index contributed by atoms with van der Waals surface area (Å²) in [5, 5.41) is 0. The summed E-state index contributed by atoms with van der Waals surface area (Å²) in [6.45, 7) is 1.95. The van der Waals surface area contributed by atoms with E-state index in [1.165, 1.54) is 4.31 Å². The van der Waals surface area contributed by atoms with E-state index in [2.05, 4.69) is 0 Å². The van der Waals surface area contributed by atoms with E-state index in [1.54, 1.807) is 48.2 Å². The molecule has 0 unspecified atom stereocenters. The lowest BCUT2D eigenvalue weighted by atomic mass is 10.1. The molecule has 0 saturated carbocycles. The van der Waals surface area contributed by atoms with Crippen LogP contribution in [0.3, 0.4) is 0 Å². The molecule has 0 aromatic heterocycles. The predicted molar refractivity (Wildman–Crippen MR) is 103 cm³/mol. The van der Waals surface area contributed by atoms with Crippen LogP contribution in [0.2, 0.25) is 0 Å². The number of fused-ring (bicyclic) bond motifs is 1. The first-order valence-corrected chi connectivity index (χ1v) is 11.1. The van der Waals surface area contributed by atoms with Gasteiger partial charge in [0.1, 0.15) is 0 Å². The van der Waals surface area contributed by atoms with Gasteiger partial charge in [0.25, 0.3) is 15.9 Å². The smallest absolute Gasteiger partial charge is 0.264 e. The third-order valence-corrected chi connectivity index (χ3v) is 7.62. The lowest BCUT2D eigenvalue weighted by Gasteiger charge is -2.30. The Labute approximate surface area is 158 Å². The summed E-state index contributed by atoms with van der Waals surface area (Å²) in [4.78, 5) is 15.7. The van der Waals surface area contributed by atoms with E-state index in [0.717, 1.165) is 30.8 Å². The van der Waals surface area contributed by atoms with Gasteiger partial charge in [0.15, 0.2) is 0 Å². The van der Waals surface area contributed by atoms with Gasteiger partial charge in [-0.15, -0.1) is 11.8 Å². The van der Waals surface area contributed by atoms with E-state index in [-0.39, 0.29) is 10.8 Å². The maximum atomic E-state index is 13.1. The molecule has 1 fully saturated rings. The highest BCUT2D eigenvalue weighted by Crippen LogP contribution is 2.38. The largest absolute Gasteiger partial charge is 0.339 e. The number of amides is 1. The van der Waals surface area contributed by atoms with Crippen molar-refractivity contribution < 1.29 is 13.2 Å². The van der Waals surface area contributed by atoms with Gasteiger partial charge < -0.3 is 4.90 Å². The first-order chi connectivity index (χ1) is 12.6. The average Bonchev–Trinajstić information content (AvgIpc) is 3.22. The third kappa shape index (κ3) is 3.10. The summed E-state index contributed by atoms with van der Waals surface area (Å²) < 4.78 is 27.7. The number of benzene rings is 2. The van der Waals surface area contributed by atoms with Gasteiger partial charge in [-0.3, -0.25) is 9.10 Å². The first-order valence-electron chi connectivity index (χ1n) is 8.71. The molecule has 2 heterocycles. The van der Waals surface area contributed by atoms with Crippen LogP contribution in [0.25, 0.3) is 0 Å². The highest BCUT2D eigenvalue weighted by molar-refractivity contribution is 8.00. The molecule has 0 bridgehead atoms. The number of likely N-dealkylation sites (tertiary alicyclic amines) is 1. The molecular formula is C19H20N2O3S2. The summed E-state index contributed by atoms with van der Waals surface area (Å²) >= 11 is 1.63. The lowest BCUT2D eigenvalue weighted by Crippen LogP contribution is -2.36. The summed E-state index contributed by atoms with van der Waals surface area (Å²) in [6, 6.07) is 13.9. The van der Waals surface area contributed by atoms with E-state index in [0.29, 0.717) is 23.5 Å². The van der Waals surface area contributed by atoms with Crippen LogP contribution in [0.15, 0.2) is 58.3 Å². The van der Waals surface area contributed by atoms with Crippen molar-refractivity contribution in [1.82, 2.24) is 4.90 Å². The Morgan fingerprint density at radius 3 is 2.42 bits per heavy atom. The zero-order valence-electron chi connectivity index (χ0n) is 14.3. The first kappa shape index (κ1) is 17.4. The van der Waals surface area contributed by atoms with Crippen LogP contribution >= 0.6 is 11.8 Å². The lowest BCUT2D eigenvalue weighted by molar-refractivity contribution is 0.0793. The SMILES string of the molecule is O=C(c1ccc2c(c1)N(S(=O)(=O)c1ccccc1)CCS2)N1CCCC1. The zero-order chi connectivity index (χ0) is 18.1. The molecule has 136 valence electrons. The van der Waals surface area contributed by atoms with Crippen LogP contribution in [-0.4, -0.2) is 44.6 Å². The monoisotopic (exact) mass is 388 g/mol. The zero-order valence-corrected chi connectivity index (χ0v) is 15.9. The Kier molecular flexibility index (Phi) is 4.67. The number of nitrogens with zero attached hydrogens (tertiary/aromatic N) is 2. The Bertz CT molecular complexity index is 923. The van der Waals surface area contributed by atoms with Crippen LogP contribution in [0.4, 0.5) is 5.69 Å². The number of carbonyl (C=O) groups is 1. The normalized spacial score (nSPS) is 17.2. The Hall–Kier alpha value is -1.99. The van der Waals surface area contributed by atoms with Crippen molar-refractivity contribution in [3.63, 3.8) is 0 Å². The second-order valence-electron chi connectivity index (χ2n) is 6.42. The molecule has 1 saturated heterocycles. The van der Waals surface area contributed by atoms with Crippen molar-refractivity contribution in [2.24, 2.45) is 0 Å². The molecule has 26 heavy (non-hydrogen) atoms. The maximum absolute atomic E-state index is 13.1. The highest BCUT2D eigenvalue weighted by Gasteiger charge is 2.30. The molecule has 0 radical (unpaired) electrons. The number of sulfonamides is 1. The Balaban J connectivity index is 1.73. The molecule has 2 aromatic rings. The number of carbonyl (C=O) groups excluding carboxylic acids is 1.